The third-order valence-electron chi connectivity index (χ3n) is 6.84. The Labute approximate surface area is 281 Å². The molecule has 0 bridgehead atoms. The number of pyridine rings is 1. The number of nitrogens with zero attached hydrogens (tertiary/aromatic N) is 2. The predicted octanol–water partition coefficient (Wildman–Crippen LogP) is 4.71. The first kappa shape index (κ1) is 37.7. The summed E-state index contributed by atoms with van der Waals surface area (Å²) in [6.45, 7) is 4.03. The van der Waals surface area contributed by atoms with E-state index in [1.54, 1.807) is 32.9 Å². The summed E-state index contributed by atoms with van der Waals surface area (Å²) in [5.41, 5.74) is -0.416. The molecule has 13 nitrogen and oxygen atoms in total. The quantitative estimate of drug-likeness (QED) is 0.172. The van der Waals surface area contributed by atoms with Crippen molar-refractivity contribution in [1.82, 2.24) is 25.8 Å². The van der Waals surface area contributed by atoms with Gasteiger partial charge >= 0.3 is 18.2 Å². The van der Waals surface area contributed by atoms with Crippen molar-refractivity contribution in [2.75, 3.05) is 32.1 Å². The van der Waals surface area contributed by atoms with Crippen molar-refractivity contribution in [3.05, 3.63) is 70.9 Å². The van der Waals surface area contributed by atoms with Crippen LogP contribution in [0.2, 0.25) is 5.02 Å². The fraction of sp³-hybridized carbons (Fsp3) is 0.406. The number of nitrogens with one attached hydrogen (secondary N) is 4. The largest absolute Gasteiger partial charge is 0.447 e. The zero-order valence-electron chi connectivity index (χ0n) is 26.9. The van der Waals surface area contributed by atoms with Gasteiger partial charge in [0.2, 0.25) is 5.91 Å². The maximum atomic E-state index is 13.8. The number of rotatable bonds is 13. The van der Waals surface area contributed by atoms with Crippen LogP contribution in [-0.4, -0.2) is 83.6 Å². The van der Waals surface area contributed by atoms with Crippen molar-refractivity contribution < 1.29 is 42.5 Å². The summed E-state index contributed by atoms with van der Waals surface area (Å²) in [5.74, 6) is -1.47. The number of aliphatic hydroxyl groups excluding tert-OH is 1. The summed E-state index contributed by atoms with van der Waals surface area (Å²) in [7, 11) is 1.43. The molecule has 0 aliphatic heterocycles. The van der Waals surface area contributed by atoms with Crippen LogP contribution in [0.3, 0.4) is 0 Å². The van der Waals surface area contributed by atoms with Crippen molar-refractivity contribution in [1.29, 1.82) is 0 Å². The van der Waals surface area contributed by atoms with E-state index in [0.29, 0.717) is 16.3 Å². The molecule has 48 heavy (non-hydrogen) atoms. The van der Waals surface area contributed by atoms with Gasteiger partial charge in [-0.3, -0.25) is 10.1 Å². The predicted molar refractivity (Wildman–Crippen MR) is 174 cm³/mol. The lowest BCUT2D eigenvalue weighted by molar-refractivity contribution is -0.121. The van der Waals surface area contributed by atoms with Gasteiger partial charge in [-0.05, 0) is 68.5 Å². The Balaban J connectivity index is 1.62. The third-order valence-corrected chi connectivity index (χ3v) is 7.27. The SMILES string of the molecule is CN(C(=O)NCc1cccc(F)c1Cl)[C@H](CCC(=O)NC[C@H](CO)NC(=O)OC(C)(C)C)COC(=O)Nc1cc2cc(F)ccc2cn1. The molecule has 260 valence electrons. The number of halogens is 3. The van der Waals surface area contributed by atoms with Gasteiger partial charge < -0.3 is 35.4 Å². The van der Waals surface area contributed by atoms with Crippen LogP contribution in [0.25, 0.3) is 10.8 Å². The van der Waals surface area contributed by atoms with E-state index in [1.165, 1.54) is 48.5 Å². The summed E-state index contributed by atoms with van der Waals surface area (Å²) in [4.78, 5) is 55.8. The lowest BCUT2D eigenvalue weighted by atomic mass is 10.1. The average Bonchev–Trinajstić information content (AvgIpc) is 3.02. The fourth-order valence-electron chi connectivity index (χ4n) is 4.29. The van der Waals surface area contributed by atoms with Crippen molar-refractivity contribution in [3.8, 4) is 0 Å². The van der Waals surface area contributed by atoms with E-state index in [9.17, 15) is 33.1 Å². The minimum atomic E-state index is -0.910. The molecule has 5 N–H and O–H groups in total. The molecule has 1 aromatic heterocycles. The van der Waals surface area contributed by atoms with Gasteiger partial charge in [-0.15, -0.1) is 0 Å². The fourth-order valence-corrected chi connectivity index (χ4v) is 4.48. The molecule has 5 amide bonds. The van der Waals surface area contributed by atoms with Crippen LogP contribution in [0.4, 0.5) is 29.0 Å². The molecule has 0 aliphatic rings. The maximum absolute atomic E-state index is 13.8. The van der Waals surface area contributed by atoms with E-state index in [-0.39, 0.29) is 43.4 Å². The zero-order valence-corrected chi connectivity index (χ0v) is 27.7. The molecular formula is C32H39ClF2N6O7. The number of carbonyl (C=O) groups excluding carboxylic acids is 4. The van der Waals surface area contributed by atoms with Gasteiger partial charge in [-0.25, -0.2) is 28.1 Å². The van der Waals surface area contributed by atoms with Crippen LogP contribution in [-0.2, 0) is 20.8 Å². The number of carbonyl (C=O) groups is 4. The Morgan fingerprint density at radius 2 is 1.79 bits per heavy atom. The Hall–Kier alpha value is -4.76. The van der Waals surface area contributed by atoms with E-state index >= 15 is 0 Å². The summed E-state index contributed by atoms with van der Waals surface area (Å²) in [6.07, 6.45) is -0.318. The van der Waals surface area contributed by atoms with Crippen LogP contribution in [0.15, 0.2) is 48.7 Å². The second-order valence-electron chi connectivity index (χ2n) is 11.8. The minimum Gasteiger partial charge on any atom is -0.447 e. The van der Waals surface area contributed by atoms with Gasteiger partial charge in [0.15, 0.2) is 0 Å². The smallest absolute Gasteiger partial charge is 0.412 e. The highest BCUT2D eigenvalue weighted by molar-refractivity contribution is 6.31. The van der Waals surface area contributed by atoms with Crippen molar-refractivity contribution in [2.24, 2.45) is 0 Å². The molecule has 2 atom stereocenters. The van der Waals surface area contributed by atoms with E-state index in [1.807, 2.05) is 0 Å². The topological polar surface area (TPSA) is 171 Å². The van der Waals surface area contributed by atoms with Crippen molar-refractivity contribution in [2.45, 2.75) is 57.8 Å². The summed E-state index contributed by atoms with van der Waals surface area (Å²) < 4.78 is 38.0. The number of benzene rings is 2. The first-order valence-corrected chi connectivity index (χ1v) is 15.3. The molecule has 16 heteroatoms. The number of ether oxygens (including phenoxy) is 2. The van der Waals surface area contributed by atoms with Gasteiger partial charge in [-0.1, -0.05) is 23.7 Å². The zero-order chi connectivity index (χ0) is 35.4. The van der Waals surface area contributed by atoms with Gasteiger partial charge in [0.25, 0.3) is 0 Å². The van der Waals surface area contributed by atoms with Crippen LogP contribution >= 0.6 is 11.6 Å². The second-order valence-corrected chi connectivity index (χ2v) is 12.2. The molecule has 0 spiro atoms. The first-order chi connectivity index (χ1) is 22.6. The summed E-state index contributed by atoms with van der Waals surface area (Å²) in [5, 5.41) is 20.8. The molecule has 1 heterocycles. The first-order valence-electron chi connectivity index (χ1n) is 14.9. The Morgan fingerprint density at radius 3 is 2.50 bits per heavy atom. The van der Waals surface area contributed by atoms with E-state index < -0.39 is 60.1 Å². The lowest BCUT2D eigenvalue weighted by Gasteiger charge is -2.28. The highest BCUT2D eigenvalue weighted by Gasteiger charge is 2.24. The monoisotopic (exact) mass is 692 g/mol. The lowest BCUT2D eigenvalue weighted by Crippen LogP contribution is -2.48. The number of aromatic nitrogens is 1. The Bertz CT molecular complexity index is 1610. The highest BCUT2D eigenvalue weighted by atomic mass is 35.5. The number of hydrogen-bond acceptors (Lipinski definition) is 8. The Morgan fingerprint density at radius 1 is 1.04 bits per heavy atom. The number of amides is 5. The highest BCUT2D eigenvalue weighted by Crippen LogP contribution is 2.20. The second kappa shape index (κ2) is 17.4. The van der Waals surface area contributed by atoms with Crippen LogP contribution in [0.5, 0.6) is 0 Å². The number of likely N-dealkylation sites (N-methyl/N-ethyl adjacent to an activating group) is 1. The van der Waals surface area contributed by atoms with Gasteiger partial charge in [0, 0.05) is 38.1 Å². The third kappa shape index (κ3) is 12.1. The molecule has 0 saturated heterocycles. The molecule has 0 fully saturated rings. The number of hydrogen-bond donors (Lipinski definition) is 5. The molecule has 0 saturated carbocycles. The van der Waals surface area contributed by atoms with Crippen LogP contribution < -0.4 is 21.3 Å². The van der Waals surface area contributed by atoms with Gasteiger partial charge in [-0.2, -0.15) is 0 Å². The van der Waals surface area contributed by atoms with Crippen molar-refractivity contribution >= 4 is 52.3 Å². The number of anilines is 1. The summed E-state index contributed by atoms with van der Waals surface area (Å²) in [6, 6.07) is 7.51. The number of urea groups is 1. The number of aliphatic hydroxyl groups is 1. The van der Waals surface area contributed by atoms with E-state index in [0.717, 1.165) is 0 Å². The van der Waals surface area contributed by atoms with Gasteiger partial charge in [0.05, 0.1) is 23.7 Å². The maximum Gasteiger partial charge on any atom is 0.412 e. The molecule has 0 radical (unpaired) electrons. The van der Waals surface area contributed by atoms with Crippen LogP contribution in [0.1, 0.15) is 39.2 Å². The molecule has 0 aliphatic carbocycles. The van der Waals surface area contributed by atoms with Crippen molar-refractivity contribution in [3.63, 3.8) is 0 Å². The van der Waals surface area contributed by atoms with Gasteiger partial charge in [0.1, 0.15) is 29.7 Å². The standard InChI is InChI=1S/C32H39ClF2N6O7/c1-32(2,3)48-31(46)39-23(17-42)16-37-27(43)11-10-24(41(4)29(44)38-15-20-6-5-7-25(35)28(20)33)18-47-30(45)40-26-13-21-12-22(34)9-8-19(21)14-36-26/h5-9,12-14,23-24,42H,10-11,15-18H2,1-4H3,(H,37,43)(H,38,44)(H,39,46)(H,36,40,45)/t23-,24-/m1/s1. The molecular weight excluding hydrogens is 654 g/mol. The number of fused-ring (bicyclic) bond motifs is 1. The van der Waals surface area contributed by atoms with E-state index in [2.05, 4.69) is 26.3 Å². The molecule has 0 unspecified atom stereocenters. The molecule has 3 aromatic rings. The average molecular weight is 693 g/mol. The molecule has 2 aromatic carbocycles. The molecule has 3 rings (SSSR count). The van der Waals surface area contributed by atoms with Crippen LogP contribution in [0, 0.1) is 11.6 Å². The summed E-state index contributed by atoms with van der Waals surface area (Å²) >= 11 is 5.99. The Kier molecular flexibility index (Phi) is 13.7. The minimum absolute atomic E-state index is 0.0283. The number of alkyl carbamates (subject to hydrolysis) is 1. The normalized spacial score (nSPS) is 12.4. The van der Waals surface area contributed by atoms with E-state index in [4.69, 9.17) is 21.1 Å².